The molecule has 132 valence electrons. The van der Waals surface area contributed by atoms with Crippen molar-refractivity contribution in [3.63, 3.8) is 0 Å². The lowest BCUT2D eigenvalue weighted by atomic mass is 10.1. The average Bonchev–Trinajstić information content (AvgIpc) is 2.63. The summed E-state index contributed by atoms with van der Waals surface area (Å²) >= 11 is 12.6. The largest absolute Gasteiger partial charge is 0.366 e. The van der Waals surface area contributed by atoms with E-state index in [0.717, 1.165) is 11.3 Å². The number of halogens is 2. The molecule has 1 atom stereocenters. The summed E-state index contributed by atoms with van der Waals surface area (Å²) in [6.45, 7) is 4.67. The summed E-state index contributed by atoms with van der Waals surface area (Å²) in [6.07, 6.45) is 0. The zero-order valence-corrected chi connectivity index (χ0v) is 15.6. The maximum Gasteiger partial charge on any atom is 0.317 e. The highest BCUT2D eigenvalue weighted by molar-refractivity contribution is 6.39. The molecule has 0 saturated carbocycles. The van der Waals surface area contributed by atoms with Crippen LogP contribution in [0.25, 0.3) is 0 Å². The number of hydrogen-bond donors (Lipinski definition) is 1. The molecule has 25 heavy (non-hydrogen) atoms. The number of para-hydroxylation sites is 1. The Morgan fingerprint density at radius 2 is 1.56 bits per heavy atom. The third-order valence-corrected chi connectivity index (χ3v) is 5.07. The minimum absolute atomic E-state index is 0.0234. The maximum absolute atomic E-state index is 12.5. The first-order chi connectivity index (χ1) is 12.1. The third-order valence-electron chi connectivity index (χ3n) is 4.46. The fourth-order valence-corrected chi connectivity index (χ4v) is 3.66. The lowest BCUT2D eigenvalue weighted by molar-refractivity contribution is 0.191. The number of rotatable bonds is 3. The molecule has 0 radical (unpaired) electrons. The van der Waals surface area contributed by atoms with Gasteiger partial charge in [0, 0.05) is 26.2 Å². The van der Waals surface area contributed by atoms with Crippen molar-refractivity contribution in [2.45, 2.75) is 13.0 Å². The van der Waals surface area contributed by atoms with Crippen LogP contribution in [0, 0.1) is 0 Å². The molecule has 1 heterocycles. The van der Waals surface area contributed by atoms with E-state index in [1.165, 1.54) is 0 Å². The summed E-state index contributed by atoms with van der Waals surface area (Å²) < 4.78 is 0. The van der Waals surface area contributed by atoms with Crippen LogP contribution >= 0.6 is 23.2 Å². The smallest absolute Gasteiger partial charge is 0.317 e. The predicted molar refractivity (Wildman–Crippen MR) is 104 cm³/mol. The number of anilines is 1. The van der Waals surface area contributed by atoms with Crippen LogP contribution in [-0.2, 0) is 0 Å². The van der Waals surface area contributed by atoms with Crippen molar-refractivity contribution < 1.29 is 4.79 Å². The number of benzene rings is 2. The van der Waals surface area contributed by atoms with Gasteiger partial charge in [0.15, 0.2) is 0 Å². The van der Waals surface area contributed by atoms with Crippen LogP contribution in [0.15, 0.2) is 48.5 Å². The summed E-state index contributed by atoms with van der Waals surface area (Å²) in [6, 6.07) is 15.4. The minimum Gasteiger partial charge on any atom is -0.366 e. The van der Waals surface area contributed by atoms with Crippen molar-refractivity contribution in [2.75, 3.05) is 31.1 Å². The van der Waals surface area contributed by atoms with E-state index in [2.05, 4.69) is 10.2 Å². The molecule has 1 N–H and O–H groups in total. The fraction of sp³-hybridized carbons (Fsp3) is 0.316. The van der Waals surface area contributed by atoms with E-state index in [9.17, 15) is 4.79 Å². The predicted octanol–water partition coefficient (Wildman–Crippen LogP) is 4.59. The highest BCUT2D eigenvalue weighted by Gasteiger charge is 2.24. The molecule has 2 amide bonds. The number of hydrogen-bond acceptors (Lipinski definition) is 2. The monoisotopic (exact) mass is 377 g/mol. The number of piperazine rings is 1. The van der Waals surface area contributed by atoms with E-state index in [1.807, 2.05) is 60.4 Å². The average molecular weight is 378 g/mol. The molecular weight excluding hydrogens is 357 g/mol. The molecule has 0 aliphatic carbocycles. The molecule has 0 bridgehead atoms. The van der Waals surface area contributed by atoms with Crippen molar-refractivity contribution in [1.29, 1.82) is 0 Å². The molecule has 2 aromatic carbocycles. The lowest BCUT2D eigenvalue weighted by Crippen LogP contribution is -2.52. The molecule has 0 spiro atoms. The van der Waals surface area contributed by atoms with Crippen molar-refractivity contribution in [2.24, 2.45) is 0 Å². The Labute approximate surface area is 158 Å². The van der Waals surface area contributed by atoms with Crippen LogP contribution in [0.1, 0.15) is 18.5 Å². The van der Waals surface area contributed by atoms with E-state index in [1.54, 1.807) is 0 Å². The number of amides is 2. The summed E-state index contributed by atoms with van der Waals surface area (Å²) in [4.78, 5) is 16.5. The van der Waals surface area contributed by atoms with Crippen molar-refractivity contribution in [3.05, 3.63) is 64.1 Å². The van der Waals surface area contributed by atoms with Gasteiger partial charge in [-0.1, -0.05) is 59.6 Å². The van der Waals surface area contributed by atoms with Crippen LogP contribution in [0.2, 0.25) is 10.0 Å². The Morgan fingerprint density at radius 1 is 0.960 bits per heavy atom. The first kappa shape index (κ1) is 17.9. The molecule has 0 aromatic heterocycles. The SMILES string of the molecule is CC(NC(=O)N1CCN(c2c(Cl)cccc2Cl)CC1)c1ccccc1. The molecule has 1 saturated heterocycles. The fourth-order valence-electron chi connectivity index (χ4n) is 3.03. The molecule has 3 rings (SSSR count). The molecule has 4 nitrogen and oxygen atoms in total. The highest BCUT2D eigenvalue weighted by atomic mass is 35.5. The Balaban J connectivity index is 1.58. The first-order valence-corrected chi connectivity index (χ1v) is 9.11. The van der Waals surface area contributed by atoms with Gasteiger partial charge in [-0.3, -0.25) is 0 Å². The van der Waals surface area contributed by atoms with E-state index in [4.69, 9.17) is 23.2 Å². The molecule has 2 aromatic rings. The van der Waals surface area contributed by atoms with Gasteiger partial charge in [0.25, 0.3) is 0 Å². The minimum atomic E-state index is -0.0405. The molecule has 1 fully saturated rings. The highest BCUT2D eigenvalue weighted by Crippen LogP contribution is 2.34. The van der Waals surface area contributed by atoms with Crippen molar-refractivity contribution >= 4 is 34.9 Å². The Kier molecular flexibility index (Phi) is 5.71. The van der Waals surface area contributed by atoms with E-state index in [-0.39, 0.29) is 12.1 Å². The van der Waals surface area contributed by atoms with E-state index < -0.39 is 0 Å². The number of nitrogens with zero attached hydrogens (tertiary/aromatic N) is 2. The Bertz CT molecular complexity index is 710. The normalized spacial score (nSPS) is 15.8. The van der Waals surface area contributed by atoms with Gasteiger partial charge in [-0.15, -0.1) is 0 Å². The summed E-state index contributed by atoms with van der Waals surface area (Å²) in [7, 11) is 0. The van der Waals surface area contributed by atoms with Gasteiger partial charge in [-0.2, -0.15) is 0 Å². The number of nitrogens with one attached hydrogen (secondary N) is 1. The summed E-state index contributed by atoms with van der Waals surface area (Å²) in [5.74, 6) is 0. The first-order valence-electron chi connectivity index (χ1n) is 8.35. The van der Waals surface area contributed by atoms with Gasteiger partial charge in [-0.05, 0) is 24.6 Å². The van der Waals surface area contributed by atoms with Gasteiger partial charge in [0.05, 0.1) is 21.8 Å². The van der Waals surface area contributed by atoms with Crippen LogP contribution < -0.4 is 10.2 Å². The van der Waals surface area contributed by atoms with Gasteiger partial charge >= 0.3 is 6.03 Å². The molecule has 1 aliphatic heterocycles. The maximum atomic E-state index is 12.5. The summed E-state index contributed by atoms with van der Waals surface area (Å²) in [5.41, 5.74) is 1.95. The third kappa shape index (κ3) is 4.20. The van der Waals surface area contributed by atoms with E-state index >= 15 is 0 Å². The van der Waals surface area contributed by atoms with Crippen LogP contribution in [0.3, 0.4) is 0 Å². The molecule has 6 heteroatoms. The lowest BCUT2D eigenvalue weighted by Gasteiger charge is -2.37. The molecule has 1 unspecified atom stereocenters. The van der Waals surface area contributed by atoms with Crippen LogP contribution in [-0.4, -0.2) is 37.1 Å². The quantitative estimate of drug-likeness (QED) is 0.848. The Hall–Kier alpha value is -1.91. The van der Waals surface area contributed by atoms with Crippen molar-refractivity contribution in [3.8, 4) is 0 Å². The number of urea groups is 1. The molecule has 1 aliphatic rings. The second-order valence-electron chi connectivity index (χ2n) is 6.13. The van der Waals surface area contributed by atoms with Crippen molar-refractivity contribution in [1.82, 2.24) is 10.2 Å². The van der Waals surface area contributed by atoms with Gasteiger partial charge in [0.2, 0.25) is 0 Å². The zero-order chi connectivity index (χ0) is 17.8. The topological polar surface area (TPSA) is 35.6 Å². The second kappa shape index (κ2) is 7.98. The molecular formula is C19H21Cl2N3O. The second-order valence-corrected chi connectivity index (χ2v) is 6.94. The van der Waals surface area contributed by atoms with Gasteiger partial charge in [0.1, 0.15) is 0 Å². The Morgan fingerprint density at radius 3 is 2.16 bits per heavy atom. The van der Waals surface area contributed by atoms with E-state index in [0.29, 0.717) is 36.2 Å². The van der Waals surface area contributed by atoms with Gasteiger partial charge in [-0.25, -0.2) is 4.79 Å². The van der Waals surface area contributed by atoms with Crippen LogP contribution in [0.5, 0.6) is 0 Å². The van der Waals surface area contributed by atoms with Gasteiger partial charge < -0.3 is 15.1 Å². The number of carbonyl (C=O) groups excluding carboxylic acids is 1. The number of carbonyl (C=O) groups is 1. The standard InChI is InChI=1S/C19H21Cl2N3O/c1-14(15-6-3-2-4-7-15)22-19(25)24-12-10-23(11-13-24)18-16(20)8-5-9-17(18)21/h2-9,14H,10-13H2,1H3,(H,22,25). The summed E-state index contributed by atoms with van der Waals surface area (Å²) in [5, 5.41) is 4.34. The zero-order valence-electron chi connectivity index (χ0n) is 14.1. The van der Waals surface area contributed by atoms with Crippen LogP contribution in [0.4, 0.5) is 10.5 Å².